The zero-order chi connectivity index (χ0) is 14.9. The van der Waals surface area contributed by atoms with Gasteiger partial charge in [0.05, 0.1) is 11.1 Å². The third-order valence-electron chi connectivity index (χ3n) is 2.82. The van der Waals surface area contributed by atoms with Gasteiger partial charge in [-0.05, 0) is 39.7 Å². The highest BCUT2D eigenvalue weighted by atomic mass is 79.9. The zero-order valence-corrected chi connectivity index (χ0v) is 12.3. The first-order valence-corrected chi connectivity index (χ1v) is 6.67. The summed E-state index contributed by atoms with van der Waals surface area (Å²) in [5.74, 6) is 1.32. The highest BCUT2D eigenvalue weighted by molar-refractivity contribution is 9.10. The molecule has 0 amide bonds. The minimum Gasteiger partial charge on any atom is -0.271 e. The van der Waals surface area contributed by atoms with E-state index >= 15 is 0 Å². The first kappa shape index (κ1) is 15.3. The maximum Gasteiger partial charge on any atom is 0.194 e. The van der Waals surface area contributed by atoms with Crippen molar-refractivity contribution < 1.29 is 13.2 Å². The highest BCUT2D eigenvalue weighted by Crippen LogP contribution is 2.30. The summed E-state index contributed by atoms with van der Waals surface area (Å²) in [6, 6.07) is 5.97. The molecule has 0 bridgehead atoms. The molecule has 0 aliphatic rings. The van der Waals surface area contributed by atoms with Gasteiger partial charge in [-0.25, -0.2) is 18.6 Å². The number of rotatable bonds is 3. The molecule has 20 heavy (non-hydrogen) atoms. The molecule has 2 nitrogen and oxygen atoms in total. The first-order chi connectivity index (χ1) is 9.45. The van der Waals surface area contributed by atoms with Crippen molar-refractivity contribution in [2.24, 2.45) is 5.84 Å². The van der Waals surface area contributed by atoms with Gasteiger partial charge in [-0.2, -0.15) is 0 Å². The molecule has 2 aromatic rings. The Kier molecular flexibility index (Phi) is 4.70. The summed E-state index contributed by atoms with van der Waals surface area (Å²) in [5, 5.41) is 0.394. The van der Waals surface area contributed by atoms with E-state index in [-0.39, 0.29) is 5.56 Å². The lowest BCUT2D eigenvalue weighted by Crippen LogP contribution is -2.29. The molecular formula is C13H9BrClF3N2. The largest absolute Gasteiger partial charge is 0.271 e. The van der Waals surface area contributed by atoms with Crippen LogP contribution in [0.3, 0.4) is 0 Å². The number of hydrogen-bond acceptors (Lipinski definition) is 2. The van der Waals surface area contributed by atoms with E-state index in [0.717, 1.165) is 12.1 Å². The smallest absolute Gasteiger partial charge is 0.194 e. The van der Waals surface area contributed by atoms with Gasteiger partial charge in [0, 0.05) is 10.0 Å². The molecular weight excluding hydrogens is 357 g/mol. The molecule has 0 saturated heterocycles. The van der Waals surface area contributed by atoms with Gasteiger partial charge in [-0.1, -0.05) is 23.7 Å². The molecule has 0 aliphatic heterocycles. The van der Waals surface area contributed by atoms with E-state index in [1.54, 1.807) is 18.2 Å². The minimum atomic E-state index is -1.54. The Balaban J connectivity index is 2.52. The summed E-state index contributed by atoms with van der Waals surface area (Å²) in [7, 11) is 0. The highest BCUT2D eigenvalue weighted by Gasteiger charge is 2.21. The summed E-state index contributed by atoms with van der Waals surface area (Å²) in [4.78, 5) is 0. The maximum atomic E-state index is 13.8. The van der Waals surface area contributed by atoms with Crippen LogP contribution in [0.1, 0.15) is 17.2 Å². The van der Waals surface area contributed by atoms with Gasteiger partial charge >= 0.3 is 0 Å². The van der Waals surface area contributed by atoms with Gasteiger partial charge in [0.15, 0.2) is 17.5 Å². The number of hydrogen-bond donors (Lipinski definition) is 2. The molecule has 0 aromatic heterocycles. The fourth-order valence-electron chi connectivity index (χ4n) is 1.82. The van der Waals surface area contributed by atoms with Crippen LogP contribution >= 0.6 is 27.5 Å². The summed E-state index contributed by atoms with van der Waals surface area (Å²) in [5.41, 5.74) is 2.78. The molecule has 2 rings (SSSR count). The van der Waals surface area contributed by atoms with Crippen LogP contribution in [0.4, 0.5) is 13.2 Å². The van der Waals surface area contributed by atoms with E-state index in [1.165, 1.54) is 0 Å². The van der Waals surface area contributed by atoms with Crippen molar-refractivity contribution in [3.8, 4) is 0 Å². The second-order valence-electron chi connectivity index (χ2n) is 4.04. The molecule has 1 atom stereocenters. The normalized spacial score (nSPS) is 12.5. The van der Waals surface area contributed by atoms with Crippen molar-refractivity contribution in [2.45, 2.75) is 6.04 Å². The lowest BCUT2D eigenvalue weighted by molar-refractivity contribution is 0.433. The Labute approximate surface area is 126 Å². The SMILES string of the molecule is NNC(c1ccc(Br)c(Cl)c1)c1ccc(F)c(F)c1F. The molecule has 2 aromatic carbocycles. The van der Waals surface area contributed by atoms with Crippen LogP contribution in [0.15, 0.2) is 34.8 Å². The van der Waals surface area contributed by atoms with Crippen LogP contribution in [0, 0.1) is 17.5 Å². The number of halogens is 5. The van der Waals surface area contributed by atoms with Crippen molar-refractivity contribution in [3.63, 3.8) is 0 Å². The Morgan fingerprint density at radius 2 is 1.80 bits per heavy atom. The summed E-state index contributed by atoms with van der Waals surface area (Å²) < 4.78 is 40.7. The maximum absolute atomic E-state index is 13.8. The topological polar surface area (TPSA) is 38.0 Å². The predicted octanol–water partition coefficient (Wildman–Crippen LogP) is 4.07. The lowest BCUT2D eigenvalue weighted by Gasteiger charge is -2.18. The van der Waals surface area contributed by atoms with Gasteiger partial charge in [0.25, 0.3) is 0 Å². The molecule has 0 fully saturated rings. The molecule has 1 unspecified atom stereocenters. The Morgan fingerprint density at radius 3 is 2.40 bits per heavy atom. The second-order valence-corrected chi connectivity index (χ2v) is 5.30. The van der Waals surface area contributed by atoms with Crippen LogP contribution in [0.25, 0.3) is 0 Å². The Hall–Kier alpha value is -1.08. The predicted molar refractivity (Wildman–Crippen MR) is 74.6 cm³/mol. The second kappa shape index (κ2) is 6.13. The molecule has 0 spiro atoms. The van der Waals surface area contributed by atoms with Crippen molar-refractivity contribution >= 4 is 27.5 Å². The molecule has 0 radical (unpaired) electrons. The Morgan fingerprint density at radius 1 is 1.10 bits per heavy atom. The molecule has 0 heterocycles. The summed E-state index contributed by atoms with van der Waals surface area (Å²) in [6.07, 6.45) is 0. The van der Waals surface area contributed by atoms with E-state index in [9.17, 15) is 13.2 Å². The van der Waals surface area contributed by atoms with E-state index < -0.39 is 23.5 Å². The van der Waals surface area contributed by atoms with E-state index in [0.29, 0.717) is 15.1 Å². The van der Waals surface area contributed by atoms with Crippen LogP contribution in [-0.4, -0.2) is 0 Å². The molecule has 106 valence electrons. The van der Waals surface area contributed by atoms with Gasteiger partial charge in [0.1, 0.15) is 0 Å². The fraction of sp³-hybridized carbons (Fsp3) is 0.0769. The quantitative estimate of drug-likeness (QED) is 0.489. The standard InChI is InChI=1S/C13H9BrClF3N2/c14-8-3-1-6(5-9(8)15)13(20-19)7-2-4-10(16)12(18)11(7)17/h1-5,13,20H,19H2. The minimum absolute atomic E-state index is 0.107. The van der Waals surface area contributed by atoms with E-state index in [4.69, 9.17) is 17.4 Å². The number of nitrogens with one attached hydrogen (secondary N) is 1. The van der Waals surface area contributed by atoms with Crippen molar-refractivity contribution in [2.75, 3.05) is 0 Å². The average molecular weight is 366 g/mol. The molecule has 0 saturated carbocycles. The fourth-order valence-corrected chi connectivity index (χ4v) is 2.26. The summed E-state index contributed by atoms with van der Waals surface area (Å²) >= 11 is 9.18. The number of nitrogens with two attached hydrogens (primary N) is 1. The third-order valence-corrected chi connectivity index (χ3v) is 4.05. The molecule has 7 heteroatoms. The van der Waals surface area contributed by atoms with Crippen LogP contribution in [-0.2, 0) is 0 Å². The van der Waals surface area contributed by atoms with Crippen LogP contribution < -0.4 is 11.3 Å². The monoisotopic (exact) mass is 364 g/mol. The van der Waals surface area contributed by atoms with Crippen molar-refractivity contribution in [3.05, 3.63) is 68.4 Å². The first-order valence-electron chi connectivity index (χ1n) is 5.50. The molecule has 0 aliphatic carbocycles. The third kappa shape index (κ3) is 2.83. The van der Waals surface area contributed by atoms with E-state index in [1.807, 2.05) is 0 Å². The number of benzene rings is 2. The summed E-state index contributed by atoms with van der Waals surface area (Å²) in [6.45, 7) is 0. The van der Waals surface area contributed by atoms with Crippen LogP contribution in [0.5, 0.6) is 0 Å². The van der Waals surface area contributed by atoms with Crippen molar-refractivity contribution in [1.29, 1.82) is 0 Å². The lowest BCUT2D eigenvalue weighted by atomic mass is 9.98. The van der Waals surface area contributed by atoms with Crippen molar-refractivity contribution in [1.82, 2.24) is 5.43 Å². The zero-order valence-electron chi connectivity index (χ0n) is 9.93. The van der Waals surface area contributed by atoms with Crippen LogP contribution in [0.2, 0.25) is 5.02 Å². The molecule has 3 N–H and O–H groups in total. The van der Waals surface area contributed by atoms with Gasteiger partial charge in [-0.3, -0.25) is 5.84 Å². The number of hydrazine groups is 1. The van der Waals surface area contributed by atoms with Gasteiger partial charge in [-0.15, -0.1) is 0 Å². The van der Waals surface area contributed by atoms with E-state index in [2.05, 4.69) is 21.4 Å². The van der Waals surface area contributed by atoms with Gasteiger partial charge < -0.3 is 0 Å². The van der Waals surface area contributed by atoms with Gasteiger partial charge in [0.2, 0.25) is 0 Å². The average Bonchev–Trinajstić information content (AvgIpc) is 2.43. The Bertz CT molecular complexity index is 652.